The minimum atomic E-state index is -1.23. The molecule has 0 aliphatic carbocycles. The van der Waals surface area contributed by atoms with E-state index in [1.54, 1.807) is 0 Å². The van der Waals surface area contributed by atoms with Crippen molar-refractivity contribution in [1.82, 2.24) is 0 Å². The van der Waals surface area contributed by atoms with Gasteiger partial charge < -0.3 is 8.91 Å². The fraction of sp³-hybridized carbons (Fsp3) is 0.889. The summed E-state index contributed by atoms with van der Waals surface area (Å²) in [4.78, 5) is 9.44. The van der Waals surface area contributed by atoms with Crippen molar-refractivity contribution in [1.29, 1.82) is 0 Å². The van der Waals surface area contributed by atoms with Crippen LogP contribution >= 0.6 is 0 Å². The second kappa shape index (κ2) is 5.72. The molecular formula is C9H24O2Si2. The SMILES string of the molecule is CC(C)=O.C[Si](C)(C)O[Si](C)(C)C. The highest BCUT2D eigenvalue weighted by molar-refractivity contribution is 6.83. The molecule has 0 rings (SSSR count). The molecule has 0 atom stereocenters. The van der Waals surface area contributed by atoms with E-state index in [0.717, 1.165) is 0 Å². The number of Topliss-reactive ketones (excluding diaryl/α,β-unsaturated/α-hetero) is 1. The molecule has 0 saturated heterocycles. The van der Waals surface area contributed by atoms with Crippen molar-refractivity contribution in [3.05, 3.63) is 0 Å². The Labute approximate surface area is 84.9 Å². The summed E-state index contributed by atoms with van der Waals surface area (Å²) >= 11 is 0. The third-order valence-electron chi connectivity index (χ3n) is 0.612. The second-order valence-electron chi connectivity index (χ2n) is 5.24. The van der Waals surface area contributed by atoms with Crippen molar-refractivity contribution in [3.63, 3.8) is 0 Å². The number of rotatable bonds is 2. The van der Waals surface area contributed by atoms with Gasteiger partial charge in [0.1, 0.15) is 5.78 Å². The Kier molecular flexibility index (Phi) is 6.84. The lowest BCUT2D eigenvalue weighted by atomic mass is 10.6. The fourth-order valence-corrected chi connectivity index (χ4v) is 8.27. The fourth-order valence-electron chi connectivity index (χ4n) is 0.919. The molecule has 0 aromatic heterocycles. The molecular weight excluding hydrogens is 196 g/mol. The zero-order valence-electron chi connectivity index (χ0n) is 10.3. The zero-order chi connectivity index (χ0) is 11.3. The molecule has 0 spiro atoms. The second-order valence-corrected chi connectivity index (χ2v) is 14.5. The third-order valence-corrected chi connectivity index (χ3v) is 5.51. The van der Waals surface area contributed by atoms with Crippen LogP contribution in [0.1, 0.15) is 13.8 Å². The summed E-state index contributed by atoms with van der Waals surface area (Å²) in [6.45, 7) is 16.5. The third kappa shape index (κ3) is 33.2. The van der Waals surface area contributed by atoms with E-state index in [-0.39, 0.29) is 5.78 Å². The van der Waals surface area contributed by atoms with Crippen molar-refractivity contribution in [2.45, 2.75) is 53.1 Å². The summed E-state index contributed by atoms with van der Waals surface area (Å²) in [6, 6.07) is 0. The minimum absolute atomic E-state index is 0.167. The first-order valence-corrected chi connectivity index (χ1v) is 11.4. The Bertz CT molecular complexity index is 138. The molecule has 0 amide bonds. The maximum Gasteiger partial charge on any atom is 0.170 e. The van der Waals surface area contributed by atoms with Gasteiger partial charge in [0.05, 0.1) is 0 Å². The predicted octanol–water partition coefficient (Wildman–Crippen LogP) is 3.27. The van der Waals surface area contributed by atoms with Crippen LogP contribution in [0.2, 0.25) is 39.3 Å². The largest absolute Gasteiger partial charge is 0.456 e. The van der Waals surface area contributed by atoms with Crippen molar-refractivity contribution >= 4 is 22.4 Å². The summed E-state index contributed by atoms with van der Waals surface area (Å²) in [5.41, 5.74) is 0. The Morgan fingerprint density at radius 2 is 1.00 bits per heavy atom. The van der Waals surface area contributed by atoms with Crippen molar-refractivity contribution < 1.29 is 8.91 Å². The van der Waals surface area contributed by atoms with E-state index in [0.29, 0.717) is 0 Å². The normalized spacial score (nSPS) is 11.7. The number of carbonyl (C=O) groups excluding carboxylic acids is 1. The summed E-state index contributed by atoms with van der Waals surface area (Å²) < 4.78 is 5.90. The maximum atomic E-state index is 9.44. The van der Waals surface area contributed by atoms with Gasteiger partial charge in [0.15, 0.2) is 16.6 Å². The molecule has 0 heterocycles. The molecule has 0 bridgehead atoms. The summed E-state index contributed by atoms with van der Waals surface area (Å²) in [5.74, 6) is 0.167. The van der Waals surface area contributed by atoms with Crippen LogP contribution in [0.3, 0.4) is 0 Å². The average molecular weight is 220 g/mol. The van der Waals surface area contributed by atoms with Crippen LogP contribution < -0.4 is 0 Å². The lowest BCUT2D eigenvalue weighted by Crippen LogP contribution is -2.39. The topological polar surface area (TPSA) is 26.3 Å². The smallest absolute Gasteiger partial charge is 0.170 e. The predicted molar refractivity (Wildman–Crippen MR) is 64.1 cm³/mol. The standard InChI is InChI=1S/C6H18OSi2.C3H6O/c1-8(2,3)7-9(4,5)6;1-3(2)4/h1-6H3;1-2H3. The molecule has 0 fully saturated rings. The molecule has 0 aliphatic heterocycles. The number of carbonyl (C=O) groups is 1. The summed E-state index contributed by atoms with van der Waals surface area (Å²) in [6.07, 6.45) is 0. The van der Waals surface area contributed by atoms with Gasteiger partial charge in [-0.25, -0.2) is 0 Å². The van der Waals surface area contributed by atoms with Crippen molar-refractivity contribution in [2.75, 3.05) is 0 Å². The zero-order valence-corrected chi connectivity index (χ0v) is 12.3. The van der Waals surface area contributed by atoms with Crippen LogP contribution in [-0.2, 0) is 8.91 Å². The van der Waals surface area contributed by atoms with Crippen LogP contribution in [0, 0.1) is 0 Å². The van der Waals surface area contributed by atoms with Gasteiger partial charge in [0, 0.05) is 0 Å². The van der Waals surface area contributed by atoms with Crippen LogP contribution in [0.5, 0.6) is 0 Å². The Balaban J connectivity index is 0. The number of hydrogen-bond acceptors (Lipinski definition) is 2. The van der Waals surface area contributed by atoms with E-state index in [1.165, 1.54) is 13.8 Å². The summed E-state index contributed by atoms with van der Waals surface area (Å²) in [5, 5.41) is 0. The molecule has 0 aromatic rings. The monoisotopic (exact) mass is 220 g/mol. The Hall–Kier alpha value is 0.0638. The van der Waals surface area contributed by atoms with Gasteiger partial charge in [0.25, 0.3) is 0 Å². The molecule has 80 valence electrons. The van der Waals surface area contributed by atoms with Crippen LogP contribution in [0.25, 0.3) is 0 Å². The van der Waals surface area contributed by atoms with E-state index in [4.69, 9.17) is 4.12 Å². The highest BCUT2D eigenvalue weighted by atomic mass is 28.4. The molecule has 2 nitrogen and oxygen atoms in total. The van der Waals surface area contributed by atoms with Gasteiger partial charge in [-0.05, 0) is 53.1 Å². The molecule has 0 saturated carbocycles. The molecule has 0 unspecified atom stereocenters. The van der Waals surface area contributed by atoms with Crippen molar-refractivity contribution in [2.24, 2.45) is 0 Å². The van der Waals surface area contributed by atoms with E-state index in [1.807, 2.05) is 0 Å². The highest BCUT2D eigenvalue weighted by Gasteiger charge is 2.24. The van der Waals surface area contributed by atoms with Gasteiger partial charge in [-0.3, -0.25) is 0 Å². The maximum absolute atomic E-state index is 9.44. The Morgan fingerprint density at radius 1 is 0.846 bits per heavy atom. The first-order chi connectivity index (χ1) is 5.44. The minimum Gasteiger partial charge on any atom is -0.456 e. The van der Waals surface area contributed by atoms with E-state index >= 15 is 0 Å². The lowest BCUT2D eigenvalue weighted by Gasteiger charge is -2.27. The van der Waals surface area contributed by atoms with Gasteiger partial charge in [0.2, 0.25) is 0 Å². The average Bonchev–Trinajstić information content (AvgIpc) is 1.47. The number of ketones is 1. The van der Waals surface area contributed by atoms with E-state index < -0.39 is 16.6 Å². The van der Waals surface area contributed by atoms with E-state index in [2.05, 4.69) is 39.3 Å². The quantitative estimate of drug-likeness (QED) is 0.668. The van der Waals surface area contributed by atoms with Crippen LogP contribution in [0.15, 0.2) is 0 Å². The first kappa shape index (κ1) is 15.5. The number of hydrogen-bond donors (Lipinski definition) is 0. The molecule has 0 aromatic carbocycles. The summed E-state index contributed by atoms with van der Waals surface area (Å²) in [7, 11) is -2.46. The highest BCUT2D eigenvalue weighted by Crippen LogP contribution is 2.12. The van der Waals surface area contributed by atoms with Crippen LogP contribution in [0.4, 0.5) is 0 Å². The van der Waals surface area contributed by atoms with Gasteiger partial charge in [-0.1, -0.05) is 0 Å². The molecule has 13 heavy (non-hydrogen) atoms. The lowest BCUT2D eigenvalue weighted by molar-refractivity contribution is -0.114. The molecule has 0 radical (unpaired) electrons. The molecule has 4 heteroatoms. The van der Waals surface area contributed by atoms with Crippen molar-refractivity contribution in [3.8, 4) is 0 Å². The molecule has 0 aliphatic rings. The van der Waals surface area contributed by atoms with E-state index in [9.17, 15) is 4.79 Å². The van der Waals surface area contributed by atoms with Gasteiger partial charge in [-0.2, -0.15) is 0 Å². The van der Waals surface area contributed by atoms with Gasteiger partial charge >= 0.3 is 0 Å². The Morgan fingerprint density at radius 3 is 1.00 bits per heavy atom. The van der Waals surface area contributed by atoms with Gasteiger partial charge in [-0.15, -0.1) is 0 Å². The van der Waals surface area contributed by atoms with Crippen LogP contribution in [-0.4, -0.2) is 22.4 Å². The molecule has 0 N–H and O–H groups in total. The first-order valence-electron chi connectivity index (χ1n) is 4.61.